The Morgan fingerprint density at radius 1 is 1.44 bits per heavy atom. The summed E-state index contributed by atoms with van der Waals surface area (Å²) in [6.07, 6.45) is 5.13. The van der Waals surface area contributed by atoms with E-state index in [4.69, 9.17) is 4.74 Å². The second kappa shape index (κ2) is 4.04. The van der Waals surface area contributed by atoms with Gasteiger partial charge < -0.3 is 4.74 Å². The van der Waals surface area contributed by atoms with Crippen molar-refractivity contribution < 1.29 is 14.3 Å². The molecule has 0 atom stereocenters. The van der Waals surface area contributed by atoms with E-state index in [-0.39, 0.29) is 5.78 Å². The fourth-order valence-corrected chi connectivity index (χ4v) is 2.02. The van der Waals surface area contributed by atoms with Crippen LogP contribution in [0.5, 0.6) is 0 Å². The molecule has 0 spiro atoms. The number of carbonyl (C=O) groups excluding carboxylic acids is 2. The summed E-state index contributed by atoms with van der Waals surface area (Å²) >= 11 is 0. The Hall–Kier alpha value is -1.71. The predicted molar refractivity (Wildman–Crippen MR) is 56.9 cm³/mol. The van der Waals surface area contributed by atoms with Gasteiger partial charge in [0.15, 0.2) is 5.78 Å². The predicted octanol–water partition coefficient (Wildman–Crippen LogP) is 1.61. The number of methoxy groups -OCH3 is 1. The fourth-order valence-electron chi connectivity index (χ4n) is 2.02. The molecule has 1 aliphatic rings. The van der Waals surface area contributed by atoms with Crippen LogP contribution in [-0.2, 0) is 9.53 Å². The SMILES string of the molecule is COC(=O)C1(C(=O)c2cccnc2)CCC1. The topological polar surface area (TPSA) is 56.3 Å². The number of hydrogen-bond donors (Lipinski definition) is 0. The normalized spacial score (nSPS) is 17.3. The molecule has 1 heterocycles. The Kier molecular flexibility index (Phi) is 2.73. The third kappa shape index (κ3) is 1.50. The Bertz CT molecular complexity index is 410. The van der Waals surface area contributed by atoms with Gasteiger partial charge in [0.2, 0.25) is 0 Å². The zero-order valence-electron chi connectivity index (χ0n) is 9.10. The van der Waals surface area contributed by atoms with Crippen molar-refractivity contribution in [3.05, 3.63) is 30.1 Å². The monoisotopic (exact) mass is 219 g/mol. The van der Waals surface area contributed by atoms with Gasteiger partial charge in [-0.1, -0.05) is 6.42 Å². The Morgan fingerprint density at radius 3 is 2.62 bits per heavy atom. The van der Waals surface area contributed by atoms with E-state index in [1.807, 2.05) is 0 Å². The number of rotatable bonds is 3. The lowest BCUT2D eigenvalue weighted by Gasteiger charge is -2.37. The molecule has 1 aliphatic carbocycles. The summed E-state index contributed by atoms with van der Waals surface area (Å²) < 4.78 is 4.72. The number of Topliss-reactive ketones (excluding diaryl/α,β-unsaturated/α-hetero) is 1. The first kappa shape index (κ1) is 10.8. The van der Waals surface area contributed by atoms with Crippen LogP contribution in [0.1, 0.15) is 29.6 Å². The van der Waals surface area contributed by atoms with Gasteiger partial charge in [-0.2, -0.15) is 0 Å². The highest BCUT2D eigenvalue weighted by molar-refractivity contribution is 6.13. The van der Waals surface area contributed by atoms with Gasteiger partial charge >= 0.3 is 5.97 Å². The number of ketones is 1. The minimum atomic E-state index is -0.947. The van der Waals surface area contributed by atoms with Crippen molar-refractivity contribution in [3.63, 3.8) is 0 Å². The average molecular weight is 219 g/mol. The standard InChI is InChI=1S/C12H13NO3/c1-16-11(15)12(5-3-6-12)10(14)9-4-2-7-13-8-9/h2,4,7-8H,3,5-6H2,1H3. The van der Waals surface area contributed by atoms with Crippen LogP contribution in [0.25, 0.3) is 0 Å². The van der Waals surface area contributed by atoms with Crippen LogP contribution in [0.3, 0.4) is 0 Å². The average Bonchev–Trinajstić information content (AvgIpc) is 2.28. The van der Waals surface area contributed by atoms with Gasteiger partial charge in [0, 0.05) is 18.0 Å². The quantitative estimate of drug-likeness (QED) is 0.440. The number of nitrogens with zero attached hydrogens (tertiary/aromatic N) is 1. The zero-order chi connectivity index (χ0) is 11.6. The van der Waals surface area contributed by atoms with Crippen LogP contribution in [0, 0.1) is 5.41 Å². The molecule has 0 aliphatic heterocycles. The highest BCUT2D eigenvalue weighted by Gasteiger charge is 2.51. The van der Waals surface area contributed by atoms with Crippen molar-refractivity contribution in [2.24, 2.45) is 5.41 Å². The molecule has 4 nitrogen and oxygen atoms in total. The lowest BCUT2D eigenvalue weighted by atomic mass is 9.64. The van der Waals surface area contributed by atoms with Crippen molar-refractivity contribution in [2.45, 2.75) is 19.3 Å². The van der Waals surface area contributed by atoms with Crippen LogP contribution in [0.15, 0.2) is 24.5 Å². The van der Waals surface area contributed by atoms with Gasteiger partial charge in [0.25, 0.3) is 0 Å². The van der Waals surface area contributed by atoms with Crippen LogP contribution in [-0.4, -0.2) is 23.8 Å². The summed E-state index contributed by atoms with van der Waals surface area (Å²) in [4.78, 5) is 27.8. The summed E-state index contributed by atoms with van der Waals surface area (Å²) in [6.45, 7) is 0. The molecule has 84 valence electrons. The summed E-state index contributed by atoms with van der Waals surface area (Å²) in [5, 5.41) is 0. The molecule has 0 unspecified atom stereocenters. The summed E-state index contributed by atoms with van der Waals surface area (Å²) in [5.74, 6) is -0.591. The number of pyridine rings is 1. The van der Waals surface area contributed by atoms with E-state index in [9.17, 15) is 9.59 Å². The van der Waals surface area contributed by atoms with E-state index in [2.05, 4.69) is 4.98 Å². The van der Waals surface area contributed by atoms with Crippen LogP contribution in [0.2, 0.25) is 0 Å². The van der Waals surface area contributed by atoms with E-state index in [1.165, 1.54) is 13.3 Å². The number of aromatic nitrogens is 1. The molecule has 1 aromatic heterocycles. The molecule has 1 fully saturated rings. The molecular formula is C12H13NO3. The fraction of sp³-hybridized carbons (Fsp3) is 0.417. The minimum absolute atomic E-state index is 0.168. The maximum absolute atomic E-state index is 12.2. The van der Waals surface area contributed by atoms with Crippen molar-refractivity contribution in [2.75, 3.05) is 7.11 Å². The molecular weight excluding hydrogens is 206 g/mol. The van der Waals surface area contributed by atoms with Crippen molar-refractivity contribution >= 4 is 11.8 Å². The Morgan fingerprint density at radius 2 is 2.19 bits per heavy atom. The third-order valence-electron chi connectivity index (χ3n) is 3.14. The Labute approximate surface area is 93.6 Å². The second-order valence-corrected chi connectivity index (χ2v) is 4.00. The van der Waals surface area contributed by atoms with Gasteiger partial charge in [0.05, 0.1) is 7.11 Å². The van der Waals surface area contributed by atoms with Crippen molar-refractivity contribution in [1.82, 2.24) is 4.98 Å². The van der Waals surface area contributed by atoms with Gasteiger partial charge in [0.1, 0.15) is 5.41 Å². The van der Waals surface area contributed by atoms with Crippen LogP contribution < -0.4 is 0 Å². The largest absolute Gasteiger partial charge is 0.468 e. The number of ether oxygens (including phenoxy) is 1. The van der Waals surface area contributed by atoms with E-state index < -0.39 is 11.4 Å². The van der Waals surface area contributed by atoms with Gasteiger partial charge in [-0.05, 0) is 25.0 Å². The van der Waals surface area contributed by atoms with E-state index in [0.717, 1.165) is 6.42 Å². The molecule has 0 saturated heterocycles. The van der Waals surface area contributed by atoms with Crippen LogP contribution in [0.4, 0.5) is 0 Å². The highest BCUT2D eigenvalue weighted by atomic mass is 16.5. The van der Waals surface area contributed by atoms with Crippen LogP contribution >= 0.6 is 0 Å². The number of esters is 1. The summed E-state index contributed by atoms with van der Waals surface area (Å²) in [6, 6.07) is 3.37. The molecule has 0 N–H and O–H groups in total. The van der Waals surface area contributed by atoms with Crippen molar-refractivity contribution in [1.29, 1.82) is 0 Å². The molecule has 16 heavy (non-hydrogen) atoms. The minimum Gasteiger partial charge on any atom is -0.468 e. The lowest BCUT2D eigenvalue weighted by Crippen LogP contribution is -2.46. The van der Waals surface area contributed by atoms with Gasteiger partial charge in [-0.25, -0.2) is 0 Å². The lowest BCUT2D eigenvalue weighted by molar-refractivity contribution is -0.153. The third-order valence-corrected chi connectivity index (χ3v) is 3.14. The number of carbonyl (C=O) groups is 2. The van der Waals surface area contributed by atoms with Gasteiger partial charge in [-0.15, -0.1) is 0 Å². The van der Waals surface area contributed by atoms with Crippen molar-refractivity contribution in [3.8, 4) is 0 Å². The molecule has 1 aromatic rings. The molecule has 0 radical (unpaired) electrons. The van der Waals surface area contributed by atoms with Gasteiger partial charge in [-0.3, -0.25) is 14.6 Å². The maximum Gasteiger partial charge on any atom is 0.319 e. The smallest absolute Gasteiger partial charge is 0.319 e. The first-order chi connectivity index (χ1) is 7.70. The highest BCUT2D eigenvalue weighted by Crippen LogP contribution is 2.44. The first-order valence-corrected chi connectivity index (χ1v) is 5.24. The van der Waals surface area contributed by atoms with E-state index in [0.29, 0.717) is 18.4 Å². The maximum atomic E-state index is 12.2. The molecule has 1 saturated carbocycles. The second-order valence-electron chi connectivity index (χ2n) is 4.00. The first-order valence-electron chi connectivity index (χ1n) is 5.24. The molecule has 0 amide bonds. The summed E-state index contributed by atoms with van der Waals surface area (Å²) in [7, 11) is 1.32. The van der Waals surface area contributed by atoms with E-state index in [1.54, 1.807) is 18.3 Å². The zero-order valence-corrected chi connectivity index (χ0v) is 9.10. The Balaban J connectivity index is 2.30. The molecule has 0 bridgehead atoms. The van der Waals surface area contributed by atoms with E-state index >= 15 is 0 Å². The molecule has 0 aromatic carbocycles. The molecule has 4 heteroatoms. The number of hydrogen-bond acceptors (Lipinski definition) is 4. The summed E-state index contributed by atoms with van der Waals surface area (Å²) in [5.41, 5.74) is -0.467. The molecule has 2 rings (SSSR count).